The highest BCUT2D eigenvalue weighted by molar-refractivity contribution is 5.84. The highest BCUT2D eigenvalue weighted by Crippen LogP contribution is 2.35. The molecule has 1 amide bonds. The maximum atomic E-state index is 13.5. The largest absolute Gasteiger partial charge is 0.477 e. The Balaban J connectivity index is 2.07. The predicted molar refractivity (Wildman–Crippen MR) is 122 cm³/mol. The summed E-state index contributed by atoms with van der Waals surface area (Å²) in [5, 5.41) is 23.3. The van der Waals surface area contributed by atoms with Crippen LogP contribution in [0.2, 0.25) is 0 Å². The van der Waals surface area contributed by atoms with Crippen molar-refractivity contribution in [2.45, 2.75) is 95.2 Å². The van der Waals surface area contributed by atoms with Gasteiger partial charge in [0.15, 0.2) is 12.1 Å². The van der Waals surface area contributed by atoms with Crippen LogP contribution in [-0.2, 0) is 14.4 Å². The van der Waals surface area contributed by atoms with Crippen LogP contribution < -0.4 is 16.8 Å². The van der Waals surface area contributed by atoms with E-state index < -0.39 is 40.5 Å². The van der Waals surface area contributed by atoms with Crippen molar-refractivity contribution in [1.82, 2.24) is 5.32 Å². The molecule has 0 bridgehead atoms. The zero-order valence-electron chi connectivity index (χ0n) is 19.3. The number of rotatable bonds is 14. The normalized spacial score (nSPS) is 26.0. The molecule has 0 spiro atoms. The summed E-state index contributed by atoms with van der Waals surface area (Å²) in [6.45, 7) is 2.85. The molecule has 2 aliphatic heterocycles. The Hall–Kier alpha value is -1.55. The molecule has 2 heterocycles. The summed E-state index contributed by atoms with van der Waals surface area (Å²) in [6, 6.07) is -2.98. The van der Waals surface area contributed by atoms with Crippen LogP contribution in [0.25, 0.3) is 0 Å². The number of carbonyl (C=O) groups excluding carboxylic acids is 1. The summed E-state index contributed by atoms with van der Waals surface area (Å²) < 4.78 is -0.539. The lowest BCUT2D eigenvalue weighted by atomic mass is 9.91. The van der Waals surface area contributed by atoms with Crippen LogP contribution in [-0.4, -0.2) is 76.8 Å². The first-order valence-corrected chi connectivity index (χ1v) is 12.4. The minimum Gasteiger partial charge on any atom is -0.477 e. The molecule has 0 aliphatic carbocycles. The summed E-state index contributed by atoms with van der Waals surface area (Å²) in [5.74, 6) is -1.91. The third kappa shape index (κ3) is 6.73. The minimum absolute atomic E-state index is 0.229. The Morgan fingerprint density at radius 3 is 2.28 bits per heavy atom. The first-order valence-electron chi connectivity index (χ1n) is 12.4. The van der Waals surface area contributed by atoms with Crippen molar-refractivity contribution in [3.8, 4) is 0 Å². The van der Waals surface area contributed by atoms with Gasteiger partial charge in [-0.15, -0.1) is 0 Å². The molecule has 2 saturated heterocycles. The van der Waals surface area contributed by atoms with Crippen molar-refractivity contribution >= 4 is 17.8 Å². The third-order valence-corrected chi connectivity index (χ3v) is 7.43. The molecule has 4 atom stereocenters. The number of unbranched alkanes of at least 4 members (excludes halogenated alkanes) is 3. The van der Waals surface area contributed by atoms with Gasteiger partial charge >= 0.3 is 17.8 Å². The number of nitrogens with zero attached hydrogens (tertiary/aromatic N) is 1. The molecule has 9 heteroatoms. The van der Waals surface area contributed by atoms with Crippen LogP contribution in [0.3, 0.4) is 0 Å². The first kappa shape index (κ1) is 26.7. The van der Waals surface area contributed by atoms with E-state index in [9.17, 15) is 24.6 Å². The van der Waals surface area contributed by atoms with Crippen molar-refractivity contribution < 1.29 is 29.1 Å². The van der Waals surface area contributed by atoms with E-state index in [-0.39, 0.29) is 6.54 Å². The molecular formula is C23H43N4O5+. The Morgan fingerprint density at radius 2 is 1.66 bits per heavy atom. The van der Waals surface area contributed by atoms with Crippen LogP contribution >= 0.6 is 0 Å². The lowest BCUT2D eigenvalue weighted by Gasteiger charge is -2.41. The van der Waals surface area contributed by atoms with Gasteiger partial charge < -0.3 is 27.0 Å². The van der Waals surface area contributed by atoms with Crippen molar-refractivity contribution in [2.75, 3.05) is 26.2 Å². The van der Waals surface area contributed by atoms with Crippen LogP contribution in [0.4, 0.5) is 0 Å². The van der Waals surface area contributed by atoms with Crippen molar-refractivity contribution in [1.29, 1.82) is 0 Å². The molecule has 0 saturated carbocycles. The summed E-state index contributed by atoms with van der Waals surface area (Å²) in [7, 11) is 0. The maximum Gasteiger partial charge on any atom is 0.363 e. The van der Waals surface area contributed by atoms with Gasteiger partial charge in [-0.2, -0.15) is 0 Å². The Labute approximate surface area is 191 Å². The van der Waals surface area contributed by atoms with Crippen molar-refractivity contribution in [3.63, 3.8) is 0 Å². The molecule has 184 valence electrons. The number of likely N-dealkylation sites (tertiary alicyclic amines) is 1. The fraction of sp³-hybridized carbons (Fsp3) is 0.870. The van der Waals surface area contributed by atoms with Crippen LogP contribution in [0.1, 0.15) is 77.0 Å². The van der Waals surface area contributed by atoms with E-state index in [1.807, 2.05) is 0 Å². The molecule has 32 heavy (non-hydrogen) atoms. The number of hydrogen-bond acceptors (Lipinski definition) is 6. The zero-order valence-corrected chi connectivity index (χ0v) is 19.3. The Morgan fingerprint density at radius 1 is 0.969 bits per heavy atom. The van der Waals surface area contributed by atoms with Crippen LogP contribution in [0, 0.1) is 5.92 Å². The van der Waals surface area contributed by atoms with Gasteiger partial charge in [0.25, 0.3) is 0 Å². The SMILES string of the molecule is NCCCC[C@H](N)C(=O)[N+]1([C@@H](CCCCCC2CCNCC2)C(=O)O)CCC[C@H]1C(=O)O. The Bertz CT molecular complexity index is 626. The number of amides is 1. The van der Waals surface area contributed by atoms with E-state index in [0.29, 0.717) is 45.1 Å². The summed E-state index contributed by atoms with van der Waals surface area (Å²) in [5.41, 5.74) is 11.7. The van der Waals surface area contributed by atoms with E-state index >= 15 is 0 Å². The molecule has 9 nitrogen and oxygen atoms in total. The maximum absolute atomic E-state index is 13.5. The van der Waals surface area contributed by atoms with Gasteiger partial charge in [-0.1, -0.05) is 19.3 Å². The molecule has 2 rings (SSSR count). The molecular weight excluding hydrogens is 412 g/mol. The lowest BCUT2D eigenvalue weighted by Crippen LogP contribution is -2.69. The quantitative estimate of drug-likeness (QED) is 0.195. The second kappa shape index (κ2) is 13.2. The van der Waals surface area contributed by atoms with Gasteiger partial charge in [0.2, 0.25) is 0 Å². The Kier molecular flexibility index (Phi) is 11.0. The summed E-state index contributed by atoms with van der Waals surface area (Å²) in [4.78, 5) is 37.9. The number of carboxylic acids is 2. The van der Waals surface area contributed by atoms with Crippen molar-refractivity contribution in [2.24, 2.45) is 17.4 Å². The number of piperidine rings is 1. The van der Waals surface area contributed by atoms with E-state index in [4.69, 9.17) is 11.5 Å². The number of aliphatic carboxylic acids is 2. The number of carboxylic acid groups (broad SMARTS) is 2. The van der Waals surface area contributed by atoms with Crippen molar-refractivity contribution in [3.05, 3.63) is 0 Å². The number of quaternary nitrogens is 1. The van der Waals surface area contributed by atoms with E-state index in [2.05, 4.69) is 5.32 Å². The van der Waals surface area contributed by atoms with E-state index in [0.717, 1.165) is 44.7 Å². The summed E-state index contributed by atoms with van der Waals surface area (Å²) in [6.07, 6.45) is 9.01. The lowest BCUT2D eigenvalue weighted by molar-refractivity contribution is -0.875. The van der Waals surface area contributed by atoms with Gasteiger partial charge in [-0.05, 0) is 64.1 Å². The van der Waals surface area contributed by atoms with Crippen LogP contribution in [0.5, 0.6) is 0 Å². The third-order valence-electron chi connectivity index (χ3n) is 7.43. The van der Waals surface area contributed by atoms with Gasteiger partial charge in [0.05, 0.1) is 6.54 Å². The molecule has 7 N–H and O–H groups in total. The average molecular weight is 456 g/mol. The van der Waals surface area contributed by atoms with Gasteiger partial charge in [0.1, 0.15) is 6.04 Å². The fourth-order valence-corrected chi connectivity index (χ4v) is 5.65. The zero-order chi connectivity index (χ0) is 23.6. The summed E-state index contributed by atoms with van der Waals surface area (Å²) >= 11 is 0. The van der Waals surface area contributed by atoms with Gasteiger partial charge in [-0.3, -0.25) is 0 Å². The molecule has 2 fully saturated rings. The number of hydrogen-bond donors (Lipinski definition) is 5. The molecule has 0 aromatic rings. The molecule has 2 aliphatic rings. The molecule has 0 aromatic heterocycles. The topological polar surface area (TPSA) is 156 Å². The van der Waals surface area contributed by atoms with E-state index in [1.54, 1.807) is 0 Å². The number of nitrogens with one attached hydrogen (secondary N) is 1. The first-order chi connectivity index (χ1) is 15.3. The molecule has 1 unspecified atom stereocenters. The predicted octanol–water partition coefficient (Wildman–Crippen LogP) is 1.44. The molecule has 0 aromatic carbocycles. The number of nitrogens with two attached hydrogens (primary N) is 2. The molecule has 0 radical (unpaired) electrons. The average Bonchev–Trinajstić information content (AvgIpc) is 3.22. The highest BCUT2D eigenvalue weighted by Gasteiger charge is 2.59. The second-order valence-electron chi connectivity index (χ2n) is 9.57. The highest BCUT2D eigenvalue weighted by atomic mass is 16.4. The monoisotopic (exact) mass is 455 g/mol. The fourth-order valence-electron chi connectivity index (χ4n) is 5.65. The minimum atomic E-state index is -1.11. The number of carbonyl (C=O) groups is 3. The second-order valence-corrected chi connectivity index (χ2v) is 9.57. The van der Waals surface area contributed by atoms with E-state index in [1.165, 1.54) is 12.8 Å². The van der Waals surface area contributed by atoms with Gasteiger partial charge in [0, 0.05) is 19.3 Å². The smallest absolute Gasteiger partial charge is 0.363 e. The van der Waals surface area contributed by atoms with Crippen LogP contribution in [0.15, 0.2) is 0 Å². The van der Waals surface area contributed by atoms with Gasteiger partial charge in [-0.25, -0.2) is 18.9 Å². The standard InChI is InChI=1S/C23H42N4O5/c24-13-5-4-8-18(25)21(28)27(16-6-10-20(27)23(31)32)19(22(29)30)9-3-1-2-7-17-11-14-26-15-12-17/h17-20,26H,1-16,24-25H2,(H-,29,30,31,32)/p+1/t18-,19-,20-,27?/m0/s1.